The Labute approximate surface area is 144 Å². The summed E-state index contributed by atoms with van der Waals surface area (Å²) in [5.74, 6) is 2.42. The fourth-order valence-electron chi connectivity index (χ4n) is 3.27. The Hall–Kier alpha value is -1.75. The molecule has 2 aromatic heterocycles. The second kappa shape index (κ2) is 7.43. The van der Waals surface area contributed by atoms with Crippen molar-refractivity contribution in [3.8, 4) is 0 Å². The van der Waals surface area contributed by atoms with Crippen LogP contribution in [0.4, 0.5) is 0 Å². The molecule has 5 heteroatoms. The van der Waals surface area contributed by atoms with Gasteiger partial charge in [-0.3, -0.25) is 10.00 Å². The van der Waals surface area contributed by atoms with Gasteiger partial charge >= 0.3 is 0 Å². The number of nitrogens with one attached hydrogen (secondary N) is 1. The Morgan fingerprint density at radius 2 is 1.92 bits per heavy atom. The maximum absolute atomic E-state index is 4.70. The van der Waals surface area contributed by atoms with E-state index < -0.39 is 0 Å². The van der Waals surface area contributed by atoms with Crippen molar-refractivity contribution in [3.63, 3.8) is 0 Å². The van der Waals surface area contributed by atoms with Crippen molar-refractivity contribution in [2.75, 3.05) is 13.1 Å². The first-order valence-corrected chi connectivity index (χ1v) is 9.12. The third kappa shape index (κ3) is 4.01. The highest BCUT2D eigenvalue weighted by atomic mass is 15.2. The molecule has 0 unspecified atom stereocenters. The van der Waals surface area contributed by atoms with Gasteiger partial charge in [-0.15, -0.1) is 0 Å². The van der Waals surface area contributed by atoms with Gasteiger partial charge in [-0.2, -0.15) is 5.10 Å². The van der Waals surface area contributed by atoms with Crippen LogP contribution in [0, 0.1) is 0 Å². The van der Waals surface area contributed by atoms with Gasteiger partial charge in [0.2, 0.25) is 0 Å². The molecule has 1 aliphatic rings. The molecule has 2 aromatic rings. The Kier molecular flexibility index (Phi) is 5.29. The fourth-order valence-corrected chi connectivity index (χ4v) is 3.27. The lowest BCUT2D eigenvalue weighted by atomic mass is 9.93. The van der Waals surface area contributed by atoms with E-state index >= 15 is 0 Å². The average Bonchev–Trinajstić information content (AvgIpc) is 3.06. The van der Waals surface area contributed by atoms with Crippen molar-refractivity contribution in [2.45, 2.75) is 64.8 Å². The van der Waals surface area contributed by atoms with Crippen molar-refractivity contribution >= 4 is 0 Å². The van der Waals surface area contributed by atoms with E-state index in [1.165, 1.54) is 24.2 Å². The van der Waals surface area contributed by atoms with Crippen LogP contribution in [-0.2, 0) is 6.54 Å². The van der Waals surface area contributed by atoms with Gasteiger partial charge < -0.3 is 0 Å². The van der Waals surface area contributed by atoms with Gasteiger partial charge in [0.15, 0.2) is 0 Å². The minimum absolute atomic E-state index is 0.381. The first kappa shape index (κ1) is 17.1. The lowest BCUT2D eigenvalue weighted by Gasteiger charge is -2.31. The standard InChI is InChI=1S/C19H29N5/c1-13(2)17-11-18(23-22-17)15-6-9-24(10-7-15)12-16-5-8-20-19(21-16)14(3)4/h5,8,11,13-15H,6-7,9-10,12H2,1-4H3,(H,22,23). The topological polar surface area (TPSA) is 57.7 Å². The maximum atomic E-state index is 4.70. The number of H-pyrrole nitrogens is 1. The summed E-state index contributed by atoms with van der Waals surface area (Å²) in [6.45, 7) is 11.8. The minimum atomic E-state index is 0.381. The van der Waals surface area contributed by atoms with Gasteiger partial charge in [0.05, 0.1) is 11.4 Å². The van der Waals surface area contributed by atoms with Crippen molar-refractivity contribution in [3.05, 3.63) is 41.2 Å². The summed E-state index contributed by atoms with van der Waals surface area (Å²) in [5.41, 5.74) is 3.62. The van der Waals surface area contributed by atoms with Crippen molar-refractivity contribution in [1.82, 2.24) is 25.1 Å². The predicted molar refractivity (Wildman–Crippen MR) is 96.0 cm³/mol. The van der Waals surface area contributed by atoms with Crippen LogP contribution in [0.25, 0.3) is 0 Å². The van der Waals surface area contributed by atoms with E-state index in [0.29, 0.717) is 17.8 Å². The van der Waals surface area contributed by atoms with Crippen LogP contribution in [0.1, 0.15) is 81.2 Å². The molecule has 3 rings (SSSR count). The molecule has 0 saturated carbocycles. The zero-order chi connectivity index (χ0) is 17.1. The number of nitrogens with zero attached hydrogens (tertiary/aromatic N) is 4. The second-order valence-corrected chi connectivity index (χ2v) is 7.51. The van der Waals surface area contributed by atoms with Gasteiger partial charge in [-0.1, -0.05) is 27.7 Å². The summed E-state index contributed by atoms with van der Waals surface area (Å²) in [6, 6.07) is 4.30. The van der Waals surface area contributed by atoms with E-state index in [-0.39, 0.29) is 0 Å². The van der Waals surface area contributed by atoms with Crippen LogP contribution in [-0.4, -0.2) is 38.2 Å². The van der Waals surface area contributed by atoms with Crippen LogP contribution in [0.2, 0.25) is 0 Å². The van der Waals surface area contributed by atoms with E-state index in [4.69, 9.17) is 4.98 Å². The zero-order valence-electron chi connectivity index (χ0n) is 15.3. The molecule has 1 saturated heterocycles. The highest BCUT2D eigenvalue weighted by Crippen LogP contribution is 2.28. The predicted octanol–water partition coefficient (Wildman–Crippen LogP) is 3.83. The Morgan fingerprint density at radius 1 is 1.17 bits per heavy atom. The largest absolute Gasteiger partial charge is 0.297 e. The van der Waals surface area contributed by atoms with Gasteiger partial charge in [0.1, 0.15) is 5.82 Å². The molecular weight excluding hydrogens is 298 g/mol. The fraction of sp³-hybridized carbons (Fsp3) is 0.632. The number of aromatic nitrogens is 4. The molecule has 0 amide bonds. The van der Waals surface area contributed by atoms with Crippen molar-refractivity contribution in [2.24, 2.45) is 0 Å². The first-order chi connectivity index (χ1) is 11.5. The quantitative estimate of drug-likeness (QED) is 0.907. The summed E-state index contributed by atoms with van der Waals surface area (Å²) in [7, 11) is 0. The summed E-state index contributed by atoms with van der Waals surface area (Å²) >= 11 is 0. The molecule has 0 spiro atoms. The summed E-state index contributed by atoms with van der Waals surface area (Å²) in [5, 5.41) is 7.70. The average molecular weight is 327 g/mol. The van der Waals surface area contributed by atoms with Gasteiger partial charge in [0.25, 0.3) is 0 Å². The van der Waals surface area contributed by atoms with Crippen LogP contribution in [0.3, 0.4) is 0 Å². The van der Waals surface area contributed by atoms with Crippen LogP contribution < -0.4 is 0 Å². The van der Waals surface area contributed by atoms with E-state index in [1.807, 2.05) is 12.3 Å². The first-order valence-electron chi connectivity index (χ1n) is 9.12. The summed E-state index contributed by atoms with van der Waals surface area (Å²) in [6.07, 6.45) is 4.26. The molecular formula is C19H29N5. The van der Waals surface area contributed by atoms with Crippen LogP contribution in [0.15, 0.2) is 18.3 Å². The van der Waals surface area contributed by atoms with E-state index in [1.54, 1.807) is 0 Å². The van der Waals surface area contributed by atoms with Gasteiger partial charge in [0, 0.05) is 30.3 Å². The van der Waals surface area contributed by atoms with Crippen molar-refractivity contribution < 1.29 is 0 Å². The molecule has 5 nitrogen and oxygen atoms in total. The molecule has 1 fully saturated rings. The van der Waals surface area contributed by atoms with Crippen LogP contribution >= 0.6 is 0 Å². The monoisotopic (exact) mass is 327 g/mol. The lowest BCUT2D eigenvalue weighted by molar-refractivity contribution is 0.201. The van der Waals surface area contributed by atoms with E-state index in [9.17, 15) is 0 Å². The molecule has 1 aliphatic heterocycles. The van der Waals surface area contributed by atoms with Crippen molar-refractivity contribution in [1.29, 1.82) is 0 Å². The zero-order valence-corrected chi connectivity index (χ0v) is 15.3. The molecule has 0 aliphatic carbocycles. The Balaban J connectivity index is 1.56. The Morgan fingerprint density at radius 3 is 2.54 bits per heavy atom. The van der Waals surface area contributed by atoms with Gasteiger partial charge in [-0.05, 0) is 44.0 Å². The van der Waals surface area contributed by atoms with Crippen LogP contribution in [0.5, 0.6) is 0 Å². The van der Waals surface area contributed by atoms with E-state index in [0.717, 1.165) is 31.2 Å². The lowest BCUT2D eigenvalue weighted by Crippen LogP contribution is -2.33. The number of hydrogen-bond donors (Lipinski definition) is 1. The molecule has 0 atom stereocenters. The molecule has 0 bridgehead atoms. The molecule has 0 radical (unpaired) electrons. The number of piperidine rings is 1. The number of aromatic amines is 1. The Bertz CT molecular complexity index is 653. The number of likely N-dealkylation sites (tertiary alicyclic amines) is 1. The van der Waals surface area contributed by atoms with Gasteiger partial charge in [-0.25, -0.2) is 9.97 Å². The third-order valence-corrected chi connectivity index (χ3v) is 4.87. The normalized spacial score (nSPS) is 17.1. The molecule has 0 aromatic carbocycles. The summed E-state index contributed by atoms with van der Waals surface area (Å²) in [4.78, 5) is 11.6. The molecule has 3 heterocycles. The summed E-state index contributed by atoms with van der Waals surface area (Å²) < 4.78 is 0. The van der Waals surface area contributed by atoms with E-state index in [2.05, 4.69) is 53.8 Å². The minimum Gasteiger partial charge on any atom is -0.297 e. The number of rotatable bonds is 5. The molecule has 130 valence electrons. The molecule has 24 heavy (non-hydrogen) atoms. The third-order valence-electron chi connectivity index (χ3n) is 4.87. The highest BCUT2D eigenvalue weighted by Gasteiger charge is 2.23. The molecule has 1 N–H and O–H groups in total. The second-order valence-electron chi connectivity index (χ2n) is 7.51. The SMILES string of the molecule is CC(C)c1cc(C2CCN(Cc3ccnc(C(C)C)n3)CC2)[nH]n1. The number of hydrogen-bond acceptors (Lipinski definition) is 4. The smallest absolute Gasteiger partial charge is 0.131 e. The highest BCUT2D eigenvalue weighted by molar-refractivity contribution is 5.16. The maximum Gasteiger partial charge on any atom is 0.131 e.